The lowest BCUT2D eigenvalue weighted by Gasteiger charge is -1.75. The molecule has 0 rings (SSSR count). The summed E-state index contributed by atoms with van der Waals surface area (Å²) in [6.45, 7) is 6.23. The molecule has 0 aliphatic carbocycles. The average molecular weight is 95.1 g/mol. The lowest BCUT2D eigenvalue weighted by molar-refractivity contribution is -0.132. The van der Waals surface area contributed by atoms with E-state index in [0.717, 1.165) is 6.07 Å². The van der Waals surface area contributed by atoms with E-state index in [-0.39, 0.29) is 0 Å². The molecular weight excluding hydrogens is 94.0 g/mol. The van der Waals surface area contributed by atoms with Gasteiger partial charge in [0.1, 0.15) is 11.6 Å². The van der Waals surface area contributed by atoms with Crippen molar-refractivity contribution in [2.45, 2.75) is 0 Å². The summed E-state index contributed by atoms with van der Waals surface area (Å²) in [4.78, 5) is 9.48. The maximum absolute atomic E-state index is 9.48. The van der Waals surface area contributed by atoms with E-state index in [0.29, 0.717) is 0 Å². The van der Waals surface area contributed by atoms with Crippen LogP contribution in [0, 0.1) is 17.9 Å². The summed E-state index contributed by atoms with van der Waals surface area (Å²) >= 11 is 0. The van der Waals surface area contributed by atoms with E-state index in [1.165, 1.54) is 0 Å². The predicted octanol–water partition coefficient (Wildman–Crippen LogP) is -0.169. The molecule has 0 aliphatic rings. The third kappa shape index (κ3) is 1.55. The Morgan fingerprint density at radius 2 is 2.29 bits per heavy atom. The van der Waals surface area contributed by atoms with Gasteiger partial charge in [0.25, 0.3) is 0 Å². The SMILES string of the molecule is [C]=C(C#N)C(=O)O. The summed E-state index contributed by atoms with van der Waals surface area (Å²) in [6.07, 6.45) is 0. The minimum atomic E-state index is -1.48. The lowest BCUT2D eigenvalue weighted by atomic mass is 10.4. The molecule has 1 N–H and O–H groups in total. The van der Waals surface area contributed by atoms with Gasteiger partial charge in [-0.1, -0.05) is 0 Å². The molecule has 0 aromatic carbocycles. The number of carboxylic acid groups (broad SMARTS) is 1. The average Bonchev–Trinajstić information content (AvgIpc) is 1.65. The summed E-state index contributed by atoms with van der Waals surface area (Å²) in [5.74, 6) is -1.48. The molecular formula is C4HNO2. The van der Waals surface area contributed by atoms with Crippen LogP contribution in [0.25, 0.3) is 0 Å². The highest BCUT2D eigenvalue weighted by atomic mass is 16.4. The first-order valence-electron chi connectivity index (χ1n) is 1.40. The van der Waals surface area contributed by atoms with Crippen LogP contribution in [0.5, 0.6) is 0 Å². The van der Waals surface area contributed by atoms with Gasteiger partial charge in [0.05, 0.1) is 0 Å². The van der Waals surface area contributed by atoms with Crippen molar-refractivity contribution in [2.24, 2.45) is 0 Å². The molecule has 0 aromatic heterocycles. The standard InChI is InChI=1S/C4HNO2/c1-3(2-5)4(6)7/h(H,6,7). The third-order valence-electron chi connectivity index (χ3n) is 0.326. The van der Waals surface area contributed by atoms with Crippen molar-refractivity contribution in [3.63, 3.8) is 0 Å². The van der Waals surface area contributed by atoms with Crippen molar-refractivity contribution < 1.29 is 9.90 Å². The van der Waals surface area contributed by atoms with E-state index in [2.05, 4.69) is 0 Å². The van der Waals surface area contributed by atoms with Gasteiger partial charge in [-0.15, -0.1) is 0 Å². The van der Waals surface area contributed by atoms with Crippen LogP contribution in [0.4, 0.5) is 0 Å². The highest BCUT2D eigenvalue weighted by Gasteiger charge is 1.98. The van der Waals surface area contributed by atoms with Crippen molar-refractivity contribution >= 4 is 5.97 Å². The maximum Gasteiger partial charge on any atom is 0.347 e. The molecule has 0 saturated heterocycles. The molecule has 2 radical (unpaired) electrons. The Labute approximate surface area is 40.5 Å². The first-order valence-corrected chi connectivity index (χ1v) is 1.40. The van der Waals surface area contributed by atoms with Crippen LogP contribution in [-0.4, -0.2) is 11.1 Å². The maximum atomic E-state index is 9.48. The number of rotatable bonds is 1. The number of carbonyl (C=O) groups is 1. The largest absolute Gasteiger partial charge is 0.477 e. The Balaban J connectivity index is 3.90. The summed E-state index contributed by atoms with van der Waals surface area (Å²) < 4.78 is 0. The molecule has 34 valence electrons. The highest BCUT2D eigenvalue weighted by Crippen LogP contribution is 1.81. The fourth-order valence-corrected chi connectivity index (χ4v) is 0.0478. The van der Waals surface area contributed by atoms with Gasteiger partial charge in [-0.3, -0.25) is 0 Å². The van der Waals surface area contributed by atoms with Gasteiger partial charge >= 0.3 is 5.97 Å². The Kier molecular flexibility index (Phi) is 1.61. The van der Waals surface area contributed by atoms with Gasteiger partial charge in [-0.25, -0.2) is 4.79 Å². The van der Waals surface area contributed by atoms with Crippen LogP contribution in [0.1, 0.15) is 0 Å². The summed E-state index contributed by atoms with van der Waals surface area (Å²) in [6, 6.07) is 1.15. The van der Waals surface area contributed by atoms with Crippen LogP contribution in [-0.2, 0) is 4.79 Å². The highest BCUT2D eigenvalue weighted by molar-refractivity contribution is 5.89. The van der Waals surface area contributed by atoms with Gasteiger partial charge in [0.2, 0.25) is 0 Å². The fourth-order valence-electron chi connectivity index (χ4n) is 0.0478. The Hall–Kier alpha value is -1.30. The Morgan fingerprint density at radius 1 is 1.86 bits per heavy atom. The molecule has 0 bridgehead atoms. The zero-order valence-corrected chi connectivity index (χ0v) is 3.30. The van der Waals surface area contributed by atoms with E-state index in [1.54, 1.807) is 0 Å². The summed E-state index contributed by atoms with van der Waals surface area (Å²) in [5.41, 5.74) is -0.931. The van der Waals surface area contributed by atoms with Crippen molar-refractivity contribution in [3.8, 4) is 6.07 Å². The van der Waals surface area contributed by atoms with Crippen LogP contribution in [0.2, 0.25) is 0 Å². The first-order chi connectivity index (χ1) is 3.18. The topological polar surface area (TPSA) is 61.1 Å². The molecule has 3 heteroatoms. The van der Waals surface area contributed by atoms with Crippen molar-refractivity contribution in [2.75, 3.05) is 0 Å². The van der Waals surface area contributed by atoms with Crippen molar-refractivity contribution in [1.29, 1.82) is 5.26 Å². The number of aliphatic carboxylic acids is 1. The second kappa shape index (κ2) is 1.98. The Bertz CT molecular complexity index is 142. The molecule has 0 amide bonds. The molecule has 0 heterocycles. The Morgan fingerprint density at radius 3 is 2.29 bits per heavy atom. The van der Waals surface area contributed by atoms with E-state index in [1.807, 2.05) is 0 Å². The van der Waals surface area contributed by atoms with Crippen LogP contribution in [0.15, 0.2) is 5.57 Å². The fraction of sp³-hybridized carbons (Fsp3) is 0. The van der Waals surface area contributed by atoms with Gasteiger partial charge in [0, 0.05) is 6.58 Å². The minimum absolute atomic E-state index is 0.931. The summed E-state index contributed by atoms with van der Waals surface area (Å²) in [7, 11) is 0. The molecule has 0 spiro atoms. The summed E-state index contributed by atoms with van der Waals surface area (Å²) in [5, 5.41) is 15.4. The lowest BCUT2D eigenvalue weighted by Crippen LogP contribution is -1.94. The molecule has 7 heavy (non-hydrogen) atoms. The monoisotopic (exact) mass is 95.0 g/mol. The van der Waals surface area contributed by atoms with Crippen molar-refractivity contribution in [3.05, 3.63) is 12.2 Å². The molecule has 0 fully saturated rings. The number of nitrogens with zero attached hydrogens (tertiary/aromatic N) is 1. The van der Waals surface area contributed by atoms with Crippen molar-refractivity contribution in [1.82, 2.24) is 0 Å². The predicted molar refractivity (Wildman–Crippen MR) is 20.0 cm³/mol. The van der Waals surface area contributed by atoms with E-state index in [9.17, 15) is 4.79 Å². The van der Waals surface area contributed by atoms with Gasteiger partial charge in [0.15, 0.2) is 0 Å². The molecule has 0 saturated carbocycles. The van der Waals surface area contributed by atoms with E-state index in [4.69, 9.17) is 16.9 Å². The quantitative estimate of drug-likeness (QED) is 0.363. The van der Waals surface area contributed by atoms with Crippen LogP contribution < -0.4 is 0 Å². The normalized spacial score (nSPS) is 6.71. The number of hydrogen-bond acceptors (Lipinski definition) is 2. The molecule has 3 nitrogen and oxygen atoms in total. The van der Waals surface area contributed by atoms with E-state index >= 15 is 0 Å². The van der Waals surface area contributed by atoms with E-state index < -0.39 is 11.5 Å². The number of nitriles is 1. The molecule has 0 unspecified atom stereocenters. The van der Waals surface area contributed by atoms with Crippen LogP contribution >= 0.6 is 0 Å². The smallest absolute Gasteiger partial charge is 0.347 e. The van der Waals surface area contributed by atoms with Crippen LogP contribution in [0.3, 0.4) is 0 Å². The third-order valence-corrected chi connectivity index (χ3v) is 0.326. The second-order valence-corrected chi connectivity index (χ2v) is 0.792. The van der Waals surface area contributed by atoms with Gasteiger partial charge < -0.3 is 5.11 Å². The zero-order valence-electron chi connectivity index (χ0n) is 3.30. The first kappa shape index (κ1) is 5.70. The molecule has 0 atom stereocenters. The zero-order chi connectivity index (χ0) is 5.86. The number of carboxylic acids is 1. The van der Waals surface area contributed by atoms with Gasteiger partial charge in [-0.05, 0) is 0 Å². The van der Waals surface area contributed by atoms with Gasteiger partial charge in [-0.2, -0.15) is 5.26 Å². The minimum Gasteiger partial charge on any atom is -0.477 e. The second-order valence-electron chi connectivity index (χ2n) is 0.792. The molecule has 0 aliphatic heterocycles. The number of hydrogen-bond donors (Lipinski definition) is 1. The molecule has 0 aromatic rings.